The number of benzene rings is 2. The van der Waals surface area contributed by atoms with Crippen molar-refractivity contribution in [2.45, 2.75) is 22.8 Å². The lowest BCUT2D eigenvalue weighted by Crippen LogP contribution is -2.26. The van der Waals surface area contributed by atoms with E-state index in [9.17, 15) is 19.7 Å². The predicted octanol–water partition coefficient (Wildman–Crippen LogP) is 3.03. The van der Waals surface area contributed by atoms with Crippen LogP contribution in [0.5, 0.6) is 0 Å². The number of cyclic esters (lactones) is 2. The van der Waals surface area contributed by atoms with Crippen LogP contribution in [0.4, 0.5) is 5.69 Å². The fraction of sp³-hybridized carbons (Fsp3) is 0.158. The Morgan fingerprint density at radius 2 is 1.80 bits per heavy atom. The van der Waals surface area contributed by atoms with Crippen LogP contribution in [0.2, 0.25) is 0 Å². The van der Waals surface area contributed by atoms with E-state index in [2.05, 4.69) is 10.2 Å². The number of ether oxygens (including phenoxy) is 2. The van der Waals surface area contributed by atoms with Gasteiger partial charge in [-0.15, -0.1) is 10.2 Å². The van der Waals surface area contributed by atoms with Gasteiger partial charge in [0.25, 0.3) is 12.0 Å². The smallest absolute Gasteiger partial charge is 0.320 e. The second kappa shape index (κ2) is 7.95. The number of nitrogens with zero attached hydrogens (tertiary/aromatic N) is 4. The predicted molar refractivity (Wildman–Crippen MR) is 103 cm³/mol. The highest BCUT2D eigenvalue weighted by atomic mass is 32.2. The summed E-state index contributed by atoms with van der Waals surface area (Å²) in [5.41, 5.74) is 0.819. The van der Waals surface area contributed by atoms with Crippen LogP contribution in [0, 0.1) is 10.1 Å². The lowest BCUT2D eigenvalue weighted by Gasteiger charge is -2.22. The lowest BCUT2D eigenvalue weighted by molar-refractivity contribution is -0.387. The molecule has 0 N–H and O–H groups in total. The molecule has 2 aromatic carbocycles. The summed E-state index contributed by atoms with van der Waals surface area (Å²) in [5, 5.41) is 20.4. The highest BCUT2D eigenvalue weighted by Gasteiger charge is 2.31. The molecule has 0 bridgehead atoms. The second-order valence-electron chi connectivity index (χ2n) is 6.31. The first-order valence-corrected chi connectivity index (χ1v) is 9.54. The molecule has 0 unspecified atom stereocenters. The van der Waals surface area contributed by atoms with Crippen LogP contribution < -0.4 is 0 Å². The molecule has 1 fully saturated rings. The number of hydrogen-bond donors (Lipinski definition) is 0. The van der Waals surface area contributed by atoms with Gasteiger partial charge in [0.15, 0.2) is 11.0 Å². The van der Waals surface area contributed by atoms with Crippen molar-refractivity contribution in [3.05, 3.63) is 64.2 Å². The minimum Gasteiger partial charge on any atom is -0.420 e. The normalized spacial score (nSPS) is 14.3. The number of nitro groups is 1. The van der Waals surface area contributed by atoms with E-state index in [1.165, 1.54) is 18.2 Å². The van der Waals surface area contributed by atoms with Gasteiger partial charge in [-0.25, -0.2) is 0 Å². The zero-order valence-electron chi connectivity index (χ0n) is 15.5. The number of carbonyl (C=O) groups is 2. The highest BCUT2D eigenvalue weighted by molar-refractivity contribution is 7.99. The highest BCUT2D eigenvalue weighted by Crippen LogP contribution is 2.37. The Morgan fingerprint density at radius 1 is 1.10 bits per heavy atom. The van der Waals surface area contributed by atoms with E-state index >= 15 is 0 Å². The van der Waals surface area contributed by atoms with Gasteiger partial charge in [-0.3, -0.25) is 19.7 Å². The van der Waals surface area contributed by atoms with Crippen LogP contribution in [-0.4, -0.2) is 31.6 Å². The molecule has 0 atom stereocenters. The quantitative estimate of drug-likeness (QED) is 0.262. The van der Waals surface area contributed by atoms with Crippen LogP contribution in [0.25, 0.3) is 11.4 Å². The summed E-state index contributed by atoms with van der Waals surface area (Å²) in [4.78, 5) is 34.3. The molecule has 152 valence electrons. The minimum absolute atomic E-state index is 0.190. The summed E-state index contributed by atoms with van der Waals surface area (Å²) >= 11 is 1.07. The SMILES string of the molecule is Cn1c(Sc2ccc(C3OC(=O)CC(=O)O3)cc2[N+](=O)[O-])nnc1-c1ccccc1. The molecule has 0 radical (unpaired) electrons. The first-order chi connectivity index (χ1) is 14.4. The Morgan fingerprint density at radius 3 is 2.47 bits per heavy atom. The van der Waals surface area contributed by atoms with Crippen LogP contribution >= 0.6 is 11.8 Å². The van der Waals surface area contributed by atoms with Gasteiger partial charge in [0, 0.05) is 24.2 Å². The van der Waals surface area contributed by atoms with E-state index in [0.29, 0.717) is 15.9 Å². The zero-order valence-corrected chi connectivity index (χ0v) is 16.4. The van der Waals surface area contributed by atoms with Gasteiger partial charge >= 0.3 is 11.9 Å². The molecule has 30 heavy (non-hydrogen) atoms. The molecule has 1 aliphatic rings. The molecule has 1 saturated heterocycles. The summed E-state index contributed by atoms with van der Waals surface area (Å²) in [7, 11) is 1.77. The molecular weight excluding hydrogens is 412 g/mol. The van der Waals surface area contributed by atoms with Crippen molar-refractivity contribution in [1.29, 1.82) is 0 Å². The van der Waals surface area contributed by atoms with Crippen molar-refractivity contribution in [3.8, 4) is 11.4 Å². The summed E-state index contributed by atoms with van der Waals surface area (Å²) in [6.45, 7) is 0. The van der Waals surface area contributed by atoms with Crippen LogP contribution in [-0.2, 0) is 26.1 Å². The van der Waals surface area contributed by atoms with Gasteiger partial charge in [-0.05, 0) is 23.9 Å². The molecular formula is C19H14N4O6S. The van der Waals surface area contributed by atoms with E-state index in [1.54, 1.807) is 11.6 Å². The van der Waals surface area contributed by atoms with Crippen molar-refractivity contribution in [3.63, 3.8) is 0 Å². The Labute approximate surface area is 174 Å². The van der Waals surface area contributed by atoms with Gasteiger partial charge in [0.1, 0.15) is 6.42 Å². The molecule has 11 heteroatoms. The van der Waals surface area contributed by atoms with Gasteiger partial charge in [0.05, 0.1) is 9.82 Å². The lowest BCUT2D eigenvalue weighted by atomic mass is 10.2. The van der Waals surface area contributed by atoms with E-state index in [0.717, 1.165) is 17.3 Å². The second-order valence-corrected chi connectivity index (χ2v) is 7.32. The molecule has 2 heterocycles. The first kappa shape index (κ1) is 19.6. The van der Waals surface area contributed by atoms with E-state index in [4.69, 9.17) is 9.47 Å². The topological polar surface area (TPSA) is 126 Å². The Hall–Kier alpha value is -3.73. The van der Waals surface area contributed by atoms with Crippen LogP contribution in [0.3, 0.4) is 0 Å². The average molecular weight is 426 g/mol. The standard InChI is InChI=1S/C19H14N4O6S/c1-22-17(11-5-3-2-4-6-11)20-21-19(22)30-14-8-7-12(9-13(14)23(26)27)18-28-15(24)10-16(25)29-18/h2-9,18H,10H2,1H3. The van der Waals surface area contributed by atoms with Gasteiger partial charge in [0.2, 0.25) is 0 Å². The molecule has 10 nitrogen and oxygen atoms in total. The van der Waals surface area contributed by atoms with Crippen LogP contribution in [0.15, 0.2) is 58.6 Å². The molecule has 4 rings (SSSR count). The number of carbonyl (C=O) groups excluding carboxylic acids is 2. The van der Waals surface area contributed by atoms with Gasteiger partial charge in [-0.1, -0.05) is 30.3 Å². The number of nitro benzene ring substituents is 1. The number of rotatable bonds is 5. The molecule has 1 aliphatic heterocycles. The number of esters is 2. The number of aromatic nitrogens is 3. The van der Waals surface area contributed by atoms with Crippen molar-refractivity contribution in [1.82, 2.24) is 14.8 Å². The molecule has 3 aromatic rings. The summed E-state index contributed by atoms with van der Waals surface area (Å²) in [6.07, 6.45) is -1.79. The van der Waals surface area contributed by atoms with Gasteiger partial charge in [-0.2, -0.15) is 0 Å². The third-order valence-electron chi connectivity index (χ3n) is 4.29. The monoisotopic (exact) mass is 426 g/mol. The zero-order chi connectivity index (χ0) is 21.3. The first-order valence-electron chi connectivity index (χ1n) is 8.72. The fourth-order valence-corrected chi connectivity index (χ4v) is 3.73. The number of hydrogen-bond acceptors (Lipinski definition) is 9. The third kappa shape index (κ3) is 3.87. The maximum absolute atomic E-state index is 11.6. The van der Waals surface area contributed by atoms with Crippen molar-refractivity contribution < 1.29 is 24.0 Å². The van der Waals surface area contributed by atoms with E-state index < -0.39 is 29.6 Å². The van der Waals surface area contributed by atoms with Crippen LogP contribution in [0.1, 0.15) is 18.3 Å². The maximum atomic E-state index is 11.6. The average Bonchev–Trinajstić information content (AvgIpc) is 3.08. The summed E-state index contributed by atoms with van der Waals surface area (Å²) in [5.74, 6) is -0.867. The minimum atomic E-state index is -1.31. The largest absolute Gasteiger partial charge is 0.420 e. The summed E-state index contributed by atoms with van der Waals surface area (Å²) < 4.78 is 11.7. The van der Waals surface area contributed by atoms with Gasteiger partial charge < -0.3 is 14.0 Å². The molecule has 0 spiro atoms. The fourth-order valence-electron chi connectivity index (χ4n) is 2.85. The summed E-state index contributed by atoms with van der Waals surface area (Å²) in [6, 6.07) is 13.6. The molecule has 1 aromatic heterocycles. The Kier molecular flexibility index (Phi) is 5.19. The van der Waals surface area contributed by atoms with Crippen molar-refractivity contribution >= 4 is 29.4 Å². The van der Waals surface area contributed by atoms with E-state index in [1.807, 2.05) is 30.3 Å². The Balaban J connectivity index is 1.64. The van der Waals surface area contributed by atoms with Crippen molar-refractivity contribution in [2.75, 3.05) is 0 Å². The molecule has 0 amide bonds. The Bertz CT molecular complexity index is 1130. The third-order valence-corrected chi connectivity index (χ3v) is 5.39. The molecule has 0 saturated carbocycles. The van der Waals surface area contributed by atoms with Crippen molar-refractivity contribution in [2.24, 2.45) is 7.05 Å². The maximum Gasteiger partial charge on any atom is 0.320 e. The molecule has 0 aliphatic carbocycles. The van der Waals surface area contributed by atoms with E-state index in [-0.39, 0.29) is 11.3 Å².